The van der Waals surface area contributed by atoms with Crippen LogP contribution in [0.5, 0.6) is 0 Å². The maximum absolute atomic E-state index is 11.4. The average molecular weight is 185 g/mol. The van der Waals surface area contributed by atoms with Crippen LogP contribution in [0.3, 0.4) is 0 Å². The molecule has 1 rings (SSSR count). The molecular weight excluding hydrogens is 166 g/mol. The molecule has 76 valence electrons. The summed E-state index contributed by atoms with van der Waals surface area (Å²) in [5.74, 6) is 0.199. The Hall–Kier alpha value is -0.610. The van der Waals surface area contributed by atoms with Gasteiger partial charge in [0.15, 0.2) is 0 Å². The summed E-state index contributed by atoms with van der Waals surface area (Å²) < 4.78 is 0. The second-order valence-corrected chi connectivity index (χ2v) is 3.87. The van der Waals surface area contributed by atoms with Crippen LogP contribution >= 0.6 is 0 Å². The van der Waals surface area contributed by atoms with Gasteiger partial charge in [0.2, 0.25) is 5.91 Å². The molecule has 0 aromatic rings. The van der Waals surface area contributed by atoms with Crippen molar-refractivity contribution in [3.05, 3.63) is 0 Å². The fourth-order valence-electron chi connectivity index (χ4n) is 1.34. The van der Waals surface area contributed by atoms with Crippen molar-refractivity contribution in [2.75, 3.05) is 53.9 Å². The first-order valence-electron chi connectivity index (χ1n) is 4.70. The van der Waals surface area contributed by atoms with E-state index in [9.17, 15) is 4.79 Å². The number of carbonyl (C=O) groups excluding carboxylic acids is 1. The lowest BCUT2D eigenvalue weighted by atomic mass is 10.3. The highest BCUT2D eigenvalue weighted by Crippen LogP contribution is 1.98. The second-order valence-electron chi connectivity index (χ2n) is 3.87. The maximum Gasteiger partial charge on any atom is 0.236 e. The Morgan fingerprint density at radius 3 is 2.23 bits per heavy atom. The van der Waals surface area contributed by atoms with Crippen LogP contribution in [0.4, 0.5) is 0 Å². The van der Waals surface area contributed by atoms with Crippen molar-refractivity contribution in [3.63, 3.8) is 0 Å². The highest BCUT2D eigenvalue weighted by Gasteiger charge is 2.16. The van der Waals surface area contributed by atoms with E-state index < -0.39 is 0 Å². The molecular formula is C9H19N3O. The number of likely N-dealkylation sites (N-methyl/N-ethyl adjacent to an activating group) is 2. The zero-order chi connectivity index (χ0) is 9.84. The summed E-state index contributed by atoms with van der Waals surface area (Å²) >= 11 is 0. The van der Waals surface area contributed by atoms with Gasteiger partial charge in [0.25, 0.3) is 0 Å². The normalized spacial score (nSPS) is 20.2. The number of piperazine rings is 1. The number of carbonyl (C=O) groups is 1. The van der Waals surface area contributed by atoms with Crippen molar-refractivity contribution < 1.29 is 4.79 Å². The lowest BCUT2D eigenvalue weighted by molar-refractivity contribution is -0.130. The van der Waals surface area contributed by atoms with Crippen LogP contribution in [0.1, 0.15) is 0 Å². The van der Waals surface area contributed by atoms with Crippen molar-refractivity contribution in [2.24, 2.45) is 0 Å². The number of rotatable bonds is 2. The molecule has 0 aromatic carbocycles. The second kappa shape index (κ2) is 4.58. The van der Waals surface area contributed by atoms with Gasteiger partial charge in [-0.25, -0.2) is 0 Å². The lowest BCUT2D eigenvalue weighted by Gasteiger charge is -2.32. The Bertz CT molecular complexity index is 174. The molecule has 1 aliphatic heterocycles. The van der Waals surface area contributed by atoms with Crippen LogP contribution < -0.4 is 0 Å². The quantitative estimate of drug-likeness (QED) is 0.570. The van der Waals surface area contributed by atoms with Crippen molar-refractivity contribution in [2.45, 2.75) is 0 Å². The van der Waals surface area contributed by atoms with E-state index >= 15 is 0 Å². The predicted molar refractivity (Wildman–Crippen MR) is 52.6 cm³/mol. The SMILES string of the molecule is CN1CCN(CC(=O)N(C)C)CC1. The predicted octanol–water partition coefficient (Wildman–Crippen LogP) is -0.678. The fraction of sp³-hybridized carbons (Fsp3) is 0.889. The van der Waals surface area contributed by atoms with Gasteiger partial charge in [-0.3, -0.25) is 9.69 Å². The highest BCUT2D eigenvalue weighted by molar-refractivity contribution is 5.77. The van der Waals surface area contributed by atoms with Gasteiger partial charge >= 0.3 is 0 Å². The molecule has 0 N–H and O–H groups in total. The van der Waals surface area contributed by atoms with Crippen molar-refractivity contribution >= 4 is 5.91 Å². The monoisotopic (exact) mass is 185 g/mol. The zero-order valence-corrected chi connectivity index (χ0v) is 8.79. The molecule has 13 heavy (non-hydrogen) atoms. The van der Waals surface area contributed by atoms with Crippen molar-refractivity contribution in [1.29, 1.82) is 0 Å². The van der Waals surface area contributed by atoms with Gasteiger partial charge in [-0.05, 0) is 7.05 Å². The van der Waals surface area contributed by atoms with Crippen molar-refractivity contribution in [1.82, 2.24) is 14.7 Å². The molecule has 4 nitrogen and oxygen atoms in total. The van der Waals surface area contributed by atoms with E-state index in [2.05, 4.69) is 16.8 Å². The summed E-state index contributed by atoms with van der Waals surface area (Å²) in [5.41, 5.74) is 0. The number of hydrogen-bond acceptors (Lipinski definition) is 3. The molecule has 0 aromatic heterocycles. The van der Waals surface area contributed by atoms with E-state index in [-0.39, 0.29) is 5.91 Å². The molecule has 1 saturated heterocycles. The van der Waals surface area contributed by atoms with E-state index in [4.69, 9.17) is 0 Å². The summed E-state index contributed by atoms with van der Waals surface area (Å²) in [5, 5.41) is 0. The maximum atomic E-state index is 11.4. The van der Waals surface area contributed by atoms with E-state index in [1.54, 1.807) is 19.0 Å². The molecule has 1 fully saturated rings. The molecule has 4 heteroatoms. The van der Waals surface area contributed by atoms with Crippen LogP contribution in [-0.4, -0.2) is 74.5 Å². The molecule has 0 spiro atoms. The largest absolute Gasteiger partial charge is 0.348 e. The van der Waals surface area contributed by atoms with Gasteiger partial charge in [-0.1, -0.05) is 0 Å². The van der Waals surface area contributed by atoms with Gasteiger partial charge in [-0.15, -0.1) is 0 Å². The van der Waals surface area contributed by atoms with E-state index in [0.29, 0.717) is 6.54 Å². The minimum absolute atomic E-state index is 0.199. The van der Waals surface area contributed by atoms with E-state index in [0.717, 1.165) is 26.2 Å². The van der Waals surface area contributed by atoms with Crippen LogP contribution in [0.25, 0.3) is 0 Å². The number of amides is 1. The van der Waals surface area contributed by atoms with E-state index in [1.165, 1.54) is 0 Å². The highest BCUT2D eigenvalue weighted by atomic mass is 16.2. The molecule has 0 atom stereocenters. The summed E-state index contributed by atoms with van der Waals surface area (Å²) in [6.07, 6.45) is 0. The van der Waals surface area contributed by atoms with Crippen LogP contribution in [-0.2, 0) is 4.79 Å². The Balaban J connectivity index is 2.26. The van der Waals surface area contributed by atoms with Crippen LogP contribution in [0, 0.1) is 0 Å². The zero-order valence-electron chi connectivity index (χ0n) is 8.79. The number of hydrogen-bond donors (Lipinski definition) is 0. The molecule has 1 amide bonds. The topological polar surface area (TPSA) is 26.8 Å². The first kappa shape index (κ1) is 10.5. The Morgan fingerprint density at radius 2 is 1.77 bits per heavy atom. The smallest absolute Gasteiger partial charge is 0.236 e. The molecule has 0 radical (unpaired) electrons. The Labute approximate surface area is 80.1 Å². The Morgan fingerprint density at radius 1 is 1.23 bits per heavy atom. The summed E-state index contributed by atoms with van der Waals surface area (Å²) in [7, 11) is 5.72. The molecule has 0 aliphatic carbocycles. The summed E-state index contributed by atoms with van der Waals surface area (Å²) in [6, 6.07) is 0. The van der Waals surface area contributed by atoms with Crippen molar-refractivity contribution in [3.8, 4) is 0 Å². The molecule has 1 heterocycles. The molecule has 0 bridgehead atoms. The van der Waals surface area contributed by atoms with Crippen LogP contribution in [0.2, 0.25) is 0 Å². The summed E-state index contributed by atoms with van der Waals surface area (Å²) in [6.45, 7) is 4.73. The lowest BCUT2D eigenvalue weighted by Crippen LogP contribution is -2.47. The Kier molecular flexibility index (Phi) is 3.69. The fourth-order valence-corrected chi connectivity index (χ4v) is 1.34. The van der Waals surface area contributed by atoms with Gasteiger partial charge in [0, 0.05) is 40.3 Å². The minimum atomic E-state index is 0.199. The van der Waals surface area contributed by atoms with E-state index in [1.807, 2.05) is 0 Å². The first-order valence-corrected chi connectivity index (χ1v) is 4.70. The van der Waals surface area contributed by atoms with Gasteiger partial charge < -0.3 is 9.80 Å². The first-order chi connectivity index (χ1) is 6.09. The third-order valence-electron chi connectivity index (χ3n) is 2.45. The molecule has 1 aliphatic rings. The summed E-state index contributed by atoms with van der Waals surface area (Å²) in [4.78, 5) is 17.5. The van der Waals surface area contributed by atoms with Gasteiger partial charge in [0.1, 0.15) is 0 Å². The molecule has 0 saturated carbocycles. The third kappa shape index (κ3) is 3.32. The third-order valence-corrected chi connectivity index (χ3v) is 2.45. The van der Waals surface area contributed by atoms with Gasteiger partial charge in [0.05, 0.1) is 6.54 Å². The average Bonchev–Trinajstić information content (AvgIpc) is 2.08. The van der Waals surface area contributed by atoms with Gasteiger partial charge in [-0.2, -0.15) is 0 Å². The molecule has 0 unspecified atom stereocenters. The minimum Gasteiger partial charge on any atom is -0.348 e. The van der Waals surface area contributed by atoms with Crippen LogP contribution in [0.15, 0.2) is 0 Å². The standard InChI is InChI=1S/C9H19N3O/c1-10(2)9(13)8-12-6-4-11(3)5-7-12/h4-8H2,1-3H3. The number of nitrogens with zero attached hydrogens (tertiary/aromatic N) is 3.